The molecule has 23 heavy (non-hydrogen) atoms. The minimum atomic E-state index is -4.55. The molecule has 0 saturated carbocycles. The number of benzene rings is 2. The third kappa shape index (κ3) is 4.12. The van der Waals surface area contributed by atoms with Gasteiger partial charge in [0.1, 0.15) is 0 Å². The molecule has 0 radical (unpaired) electrons. The van der Waals surface area contributed by atoms with Crippen LogP contribution < -0.4 is 0 Å². The summed E-state index contributed by atoms with van der Waals surface area (Å²) in [5.74, 6) is -0.614. The maximum absolute atomic E-state index is 13.1. The second kappa shape index (κ2) is 6.86. The molecule has 2 aromatic rings. The molecule has 0 unspecified atom stereocenters. The Morgan fingerprint density at radius 2 is 1.57 bits per heavy atom. The average Bonchev–Trinajstić information content (AvgIpc) is 2.52. The van der Waals surface area contributed by atoms with Gasteiger partial charge in [-0.2, -0.15) is 13.2 Å². The SMILES string of the molecule is CC(C)N(Cc1ccccc1)C(=O)c1ccccc1C(F)(F)F. The molecular formula is C18H18F3NO. The first-order valence-electron chi connectivity index (χ1n) is 7.32. The molecule has 0 heterocycles. The Morgan fingerprint density at radius 1 is 1.00 bits per heavy atom. The third-order valence-corrected chi connectivity index (χ3v) is 3.54. The van der Waals surface area contributed by atoms with Crippen LogP contribution in [0, 0.1) is 0 Å². The molecule has 0 N–H and O–H groups in total. The van der Waals surface area contributed by atoms with Crippen molar-refractivity contribution < 1.29 is 18.0 Å². The van der Waals surface area contributed by atoms with Gasteiger partial charge >= 0.3 is 6.18 Å². The molecule has 0 atom stereocenters. The van der Waals surface area contributed by atoms with E-state index >= 15 is 0 Å². The van der Waals surface area contributed by atoms with Crippen LogP contribution in [0.3, 0.4) is 0 Å². The molecule has 0 fully saturated rings. The summed E-state index contributed by atoms with van der Waals surface area (Å²) in [6.45, 7) is 3.84. The van der Waals surface area contributed by atoms with Crippen LogP contribution in [0.1, 0.15) is 35.3 Å². The molecule has 2 nitrogen and oxygen atoms in total. The lowest BCUT2D eigenvalue weighted by Crippen LogP contribution is -2.37. The van der Waals surface area contributed by atoms with Crippen LogP contribution in [0.4, 0.5) is 13.2 Å². The largest absolute Gasteiger partial charge is 0.417 e. The van der Waals surface area contributed by atoms with Crippen LogP contribution >= 0.6 is 0 Å². The fraction of sp³-hybridized carbons (Fsp3) is 0.278. The summed E-state index contributed by atoms with van der Waals surface area (Å²) in [7, 11) is 0. The summed E-state index contributed by atoms with van der Waals surface area (Å²) >= 11 is 0. The first-order valence-corrected chi connectivity index (χ1v) is 7.32. The minimum Gasteiger partial charge on any atom is -0.332 e. The quantitative estimate of drug-likeness (QED) is 0.795. The van der Waals surface area contributed by atoms with E-state index in [1.54, 1.807) is 13.8 Å². The number of halogens is 3. The van der Waals surface area contributed by atoms with E-state index in [1.807, 2.05) is 30.3 Å². The molecule has 0 aromatic heterocycles. The molecule has 0 saturated heterocycles. The number of carbonyl (C=O) groups excluding carboxylic acids is 1. The highest BCUT2D eigenvalue weighted by Gasteiger charge is 2.36. The van der Waals surface area contributed by atoms with E-state index in [1.165, 1.54) is 23.1 Å². The Balaban J connectivity index is 2.36. The van der Waals surface area contributed by atoms with E-state index in [-0.39, 0.29) is 18.2 Å². The summed E-state index contributed by atoms with van der Waals surface area (Å²) < 4.78 is 39.4. The van der Waals surface area contributed by atoms with Gasteiger partial charge in [-0.3, -0.25) is 4.79 Å². The zero-order valence-corrected chi connectivity index (χ0v) is 13.0. The van der Waals surface area contributed by atoms with Crippen LogP contribution in [0.2, 0.25) is 0 Å². The van der Waals surface area contributed by atoms with Gasteiger partial charge in [-0.15, -0.1) is 0 Å². The number of hydrogen-bond acceptors (Lipinski definition) is 1. The predicted molar refractivity (Wildman–Crippen MR) is 82.9 cm³/mol. The van der Waals surface area contributed by atoms with Crippen molar-refractivity contribution in [1.29, 1.82) is 0 Å². The standard InChI is InChI=1S/C18H18F3NO/c1-13(2)22(12-14-8-4-3-5-9-14)17(23)15-10-6-7-11-16(15)18(19,20)21/h3-11,13H,12H2,1-2H3. The first-order chi connectivity index (χ1) is 10.8. The van der Waals surface area contributed by atoms with Gasteiger partial charge in [-0.05, 0) is 31.5 Å². The predicted octanol–water partition coefficient (Wildman–Crippen LogP) is 4.76. The normalized spacial score (nSPS) is 11.6. The van der Waals surface area contributed by atoms with Crippen molar-refractivity contribution in [2.24, 2.45) is 0 Å². The summed E-state index contributed by atoms with van der Waals surface area (Å²) in [6.07, 6.45) is -4.55. The van der Waals surface area contributed by atoms with Crippen LogP contribution in [-0.2, 0) is 12.7 Å². The number of nitrogens with zero attached hydrogens (tertiary/aromatic N) is 1. The summed E-state index contributed by atoms with van der Waals surface area (Å²) in [5.41, 5.74) is -0.340. The number of carbonyl (C=O) groups is 1. The molecule has 1 amide bonds. The zero-order chi connectivity index (χ0) is 17.0. The molecule has 0 spiro atoms. The Bertz CT molecular complexity index is 665. The van der Waals surface area contributed by atoms with Gasteiger partial charge in [-0.25, -0.2) is 0 Å². The van der Waals surface area contributed by atoms with Crippen molar-refractivity contribution in [3.05, 3.63) is 71.3 Å². The van der Waals surface area contributed by atoms with Crippen LogP contribution in [0.15, 0.2) is 54.6 Å². The highest BCUT2D eigenvalue weighted by Crippen LogP contribution is 2.32. The van der Waals surface area contributed by atoms with Gasteiger partial charge in [0, 0.05) is 12.6 Å². The fourth-order valence-electron chi connectivity index (χ4n) is 2.34. The average molecular weight is 321 g/mol. The van der Waals surface area contributed by atoms with E-state index in [2.05, 4.69) is 0 Å². The summed E-state index contributed by atoms with van der Waals surface area (Å²) in [6, 6.07) is 13.9. The van der Waals surface area contributed by atoms with Crippen molar-refractivity contribution >= 4 is 5.91 Å². The summed E-state index contributed by atoms with van der Waals surface area (Å²) in [4.78, 5) is 14.1. The third-order valence-electron chi connectivity index (χ3n) is 3.54. The van der Waals surface area contributed by atoms with Gasteiger partial charge in [0.2, 0.25) is 0 Å². The van der Waals surface area contributed by atoms with Gasteiger partial charge in [0.05, 0.1) is 11.1 Å². The van der Waals surface area contributed by atoms with Gasteiger partial charge in [-0.1, -0.05) is 42.5 Å². The Hall–Kier alpha value is -2.30. The lowest BCUT2D eigenvalue weighted by molar-refractivity contribution is -0.138. The van der Waals surface area contributed by atoms with E-state index in [9.17, 15) is 18.0 Å². The van der Waals surface area contributed by atoms with Crippen molar-refractivity contribution in [3.8, 4) is 0 Å². The molecule has 0 aliphatic heterocycles. The maximum atomic E-state index is 13.1. The Labute approximate surface area is 133 Å². The Morgan fingerprint density at radius 3 is 2.13 bits per heavy atom. The maximum Gasteiger partial charge on any atom is 0.417 e. The summed E-state index contributed by atoms with van der Waals surface area (Å²) in [5, 5.41) is 0. The van der Waals surface area contributed by atoms with E-state index < -0.39 is 17.6 Å². The second-order valence-corrected chi connectivity index (χ2v) is 5.56. The van der Waals surface area contributed by atoms with Crippen molar-refractivity contribution in [2.75, 3.05) is 0 Å². The highest BCUT2D eigenvalue weighted by atomic mass is 19.4. The van der Waals surface area contributed by atoms with Crippen LogP contribution in [0.25, 0.3) is 0 Å². The highest BCUT2D eigenvalue weighted by molar-refractivity contribution is 5.96. The molecule has 0 aliphatic carbocycles. The van der Waals surface area contributed by atoms with Gasteiger partial charge in [0.25, 0.3) is 5.91 Å². The number of hydrogen-bond donors (Lipinski definition) is 0. The molecule has 0 aliphatic rings. The molecular weight excluding hydrogens is 303 g/mol. The zero-order valence-electron chi connectivity index (χ0n) is 13.0. The lowest BCUT2D eigenvalue weighted by atomic mass is 10.0. The van der Waals surface area contributed by atoms with Crippen molar-refractivity contribution in [1.82, 2.24) is 4.90 Å². The van der Waals surface area contributed by atoms with Crippen LogP contribution in [0.5, 0.6) is 0 Å². The van der Waals surface area contributed by atoms with Crippen LogP contribution in [-0.4, -0.2) is 16.8 Å². The molecule has 5 heteroatoms. The molecule has 0 bridgehead atoms. The van der Waals surface area contributed by atoms with E-state index in [0.29, 0.717) is 0 Å². The van der Waals surface area contributed by atoms with Gasteiger partial charge in [0.15, 0.2) is 0 Å². The number of rotatable bonds is 4. The van der Waals surface area contributed by atoms with Crippen molar-refractivity contribution in [3.63, 3.8) is 0 Å². The van der Waals surface area contributed by atoms with Gasteiger partial charge < -0.3 is 4.90 Å². The Kier molecular flexibility index (Phi) is 5.08. The minimum absolute atomic E-state index is 0.219. The monoisotopic (exact) mass is 321 g/mol. The van der Waals surface area contributed by atoms with E-state index in [4.69, 9.17) is 0 Å². The fourth-order valence-corrected chi connectivity index (χ4v) is 2.34. The second-order valence-electron chi connectivity index (χ2n) is 5.56. The van der Waals surface area contributed by atoms with Crippen molar-refractivity contribution in [2.45, 2.75) is 32.6 Å². The topological polar surface area (TPSA) is 20.3 Å². The number of amides is 1. The van der Waals surface area contributed by atoms with E-state index in [0.717, 1.165) is 11.6 Å². The lowest BCUT2D eigenvalue weighted by Gasteiger charge is -2.28. The molecule has 122 valence electrons. The number of alkyl halides is 3. The molecule has 2 aromatic carbocycles. The smallest absolute Gasteiger partial charge is 0.332 e. The first kappa shape index (κ1) is 17.1. The molecule has 2 rings (SSSR count).